The van der Waals surface area contributed by atoms with Gasteiger partial charge in [0.2, 0.25) is 0 Å². The molecule has 0 bridgehead atoms. The summed E-state index contributed by atoms with van der Waals surface area (Å²) in [6.07, 6.45) is -4.58. The maximum absolute atomic E-state index is 12.6. The molecule has 0 spiro atoms. The number of halogens is 9. The van der Waals surface area contributed by atoms with E-state index in [1.54, 1.807) is 13.0 Å². The van der Waals surface area contributed by atoms with E-state index in [1.165, 1.54) is 0 Å². The molecule has 0 fully saturated rings. The summed E-state index contributed by atoms with van der Waals surface area (Å²) < 4.78 is 131. The van der Waals surface area contributed by atoms with Crippen molar-refractivity contribution in [2.45, 2.75) is 43.5 Å². The van der Waals surface area contributed by atoms with Crippen LogP contribution in [0.15, 0.2) is 11.6 Å². The summed E-state index contributed by atoms with van der Waals surface area (Å²) in [6.45, 7) is 3.50. The molecule has 15 heteroatoms. The summed E-state index contributed by atoms with van der Waals surface area (Å²) in [6, 6.07) is 0. The highest BCUT2D eigenvalue weighted by atomic mass is 32.2. The van der Waals surface area contributed by atoms with Crippen LogP contribution in [0.2, 0.25) is 0 Å². The first kappa shape index (κ1) is 26.7. The lowest BCUT2D eigenvalue weighted by Crippen LogP contribution is -2.64. The Morgan fingerprint density at radius 2 is 1.38 bits per heavy atom. The molecular weight excluding hydrogens is 413 g/mol. The zero-order valence-corrected chi connectivity index (χ0v) is 14.1. The van der Waals surface area contributed by atoms with Gasteiger partial charge >= 0.3 is 29.2 Å². The molecule has 0 aromatic carbocycles. The zero-order valence-electron chi connectivity index (χ0n) is 13.3. The van der Waals surface area contributed by atoms with Gasteiger partial charge in [0.1, 0.15) is 0 Å². The van der Waals surface area contributed by atoms with E-state index in [2.05, 4.69) is 0 Å². The summed E-state index contributed by atoms with van der Waals surface area (Å²) in [5, 5.41) is 1.59. The topological polar surface area (TPSA) is 83.5 Å². The number of carboxylic acid groups (broad SMARTS) is 1. The summed E-state index contributed by atoms with van der Waals surface area (Å²) in [4.78, 5) is 10.0. The van der Waals surface area contributed by atoms with Crippen molar-refractivity contribution in [1.29, 1.82) is 0 Å². The van der Waals surface area contributed by atoms with Crippen molar-refractivity contribution in [1.82, 2.24) is 4.72 Å². The van der Waals surface area contributed by atoms with E-state index in [0.717, 1.165) is 6.42 Å². The zero-order chi connectivity index (χ0) is 21.8. The minimum atomic E-state index is -7.23. The average Bonchev–Trinajstić information content (AvgIpc) is 2.46. The maximum atomic E-state index is 12.6. The molecule has 0 atom stereocenters. The quantitative estimate of drug-likeness (QED) is 0.503. The molecular formula is C11H14F9NO4S. The maximum Gasteiger partial charge on any atom is 0.460 e. The van der Waals surface area contributed by atoms with Crippen LogP contribution in [0.4, 0.5) is 39.5 Å². The van der Waals surface area contributed by atoms with Gasteiger partial charge in [-0.05, 0) is 20.4 Å². The van der Waals surface area contributed by atoms with Gasteiger partial charge in [-0.25, -0.2) is 17.9 Å². The normalized spacial score (nSPS) is 14.5. The molecule has 0 aliphatic carbocycles. The van der Waals surface area contributed by atoms with Crippen LogP contribution in [0.3, 0.4) is 0 Å². The lowest BCUT2D eigenvalue weighted by atomic mass is 10.1. The third-order valence-corrected chi connectivity index (χ3v) is 4.04. The van der Waals surface area contributed by atoms with Gasteiger partial charge in [0.25, 0.3) is 10.0 Å². The van der Waals surface area contributed by atoms with Crippen molar-refractivity contribution in [2.24, 2.45) is 0 Å². The highest BCUT2D eigenvalue weighted by molar-refractivity contribution is 7.90. The van der Waals surface area contributed by atoms with Gasteiger partial charge in [-0.15, -0.1) is 0 Å². The summed E-state index contributed by atoms with van der Waals surface area (Å²) in [5.41, 5.74) is 0.424. The second kappa shape index (κ2) is 8.45. The molecule has 0 rings (SSSR count). The smallest absolute Gasteiger partial charge is 0.460 e. The van der Waals surface area contributed by atoms with Crippen molar-refractivity contribution in [3.05, 3.63) is 11.6 Å². The first-order chi connectivity index (χ1) is 11.2. The van der Waals surface area contributed by atoms with Crippen LogP contribution >= 0.6 is 0 Å². The van der Waals surface area contributed by atoms with E-state index < -0.39 is 39.3 Å². The number of rotatable bonds is 6. The highest BCUT2D eigenvalue weighted by Crippen LogP contribution is 2.54. The van der Waals surface area contributed by atoms with Crippen LogP contribution in [0.1, 0.15) is 20.3 Å². The van der Waals surface area contributed by atoms with Crippen molar-refractivity contribution in [2.75, 3.05) is 7.05 Å². The van der Waals surface area contributed by atoms with Crippen LogP contribution in [0.5, 0.6) is 0 Å². The number of alkyl halides is 9. The second-order valence-electron chi connectivity index (χ2n) is 4.47. The largest absolute Gasteiger partial charge is 0.478 e. The van der Waals surface area contributed by atoms with Gasteiger partial charge in [0.05, 0.1) is 0 Å². The fraction of sp³-hybridized carbons (Fsp3) is 0.727. The number of hydrogen-bond acceptors (Lipinski definition) is 3. The Hall–Kier alpha value is -1.51. The predicted octanol–water partition coefficient (Wildman–Crippen LogP) is 3.39. The van der Waals surface area contributed by atoms with E-state index >= 15 is 0 Å². The number of aliphatic carboxylic acids is 1. The third kappa shape index (κ3) is 5.25. The molecule has 26 heavy (non-hydrogen) atoms. The molecule has 0 saturated heterocycles. The van der Waals surface area contributed by atoms with Crippen molar-refractivity contribution in [3.63, 3.8) is 0 Å². The average molecular weight is 427 g/mol. The van der Waals surface area contributed by atoms with E-state index in [-0.39, 0.29) is 7.05 Å². The number of carboxylic acids is 1. The van der Waals surface area contributed by atoms with Gasteiger partial charge in [-0.3, -0.25) is 0 Å². The minimum Gasteiger partial charge on any atom is -0.478 e. The molecule has 0 heterocycles. The molecule has 156 valence electrons. The molecule has 2 N–H and O–H groups in total. The van der Waals surface area contributed by atoms with Crippen LogP contribution in [0.25, 0.3) is 0 Å². The molecule has 0 aliphatic heterocycles. The lowest BCUT2D eigenvalue weighted by molar-refractivity contribution is -0.382. The Morgan fingerprint density at radius 3 is 1.58 bits per heavy atom. The van der Waals surface area contributed by atoms with Crippen molar-refractivity contribution >= 4 is 16.0 Å². The first-order valence-corrected chi connectivity index (χ1v) is 7.76. The predicted molar refractivity (Wildman–Crippen MR) is 70.6 cm³/mol. The summed E-state index contributed by atoms with van der Waals surface area (Å²) in [5.74, 6) is -15.2. The fourth-order valence-corrected chi connectivity index (χ4v) is 1.77. The SMILES string of the molecule is CCC=C(C)C(=O)O.CNS(=O)(=O)C(F)(F)C(F)(F)C(F)(F)C(F)(F)F. The highest BCUT2D eigenvalue weighted by Gasteiger charge is 2.85. The van der Waals surface area contributed by atoms with Gasteiger partial charge < -0.3 is 5.11 Å². The molecule has 0 aromatic rings. The summed E-state index contributed by atoms with van der Waals surface area (Å²) in [7, 11) is -6.27. The molecule has 0 amide bonds. The Morgan fingerprint density at radius 1 is 1.00 bits per heavy atom. The number of sulfonamides is 1. The molecule has 5 nitrogen and oxygen atoms in total. The number of carbonyl (C=O) groups is 1. The monoisotopic (exact) mass is 427 g/mol. The molecule has 0 radical (unpaired) electrons. The van der Waals surface area contributed by atoms with Crippen LogP contribution < -0.4 is 4.72 Å². The van der Waals surface area contributed by atoms with Crippen LogP contribution in [-0.2, 0) is 14.8 Å². The number of nitrogens with one attached hydrogen (secondary N) is 1. The molecule has 0 saturated carbocycles. The third-order valence-electron chi connectivity index (χ3n) is 2.57. The molecule has 0 aliphatic rings. The Balaban J connectivity index is 0. The Bertz CT molecular complexity index is 626. The number of hydrogen-bond donors (Lipinski definition) is 2. The fourth-order valence-electron chi connectivity index (χ4n) is 1.05. The molecule has 0 unspecified atom stereocenters. The Labute approximate surface area is 141 Å². The Kier molecular flexibility index (Phi) is 8.69. The van der Waals surface area contributed by atoms with Crippen LogP contribution in [0, 0.1) is 0 Å². The van der Waals surface area contributed by atoms with Gasteiger partial charge in [-0.1, -0.05) is 13.0 Å². The van der Waals surface area contributed by atoms with E-state index in [1.807, 2.05) is 6.92 Å². The van der Waals surface area contributed by atoms with Gasteiger partial charge in [-0.2, -0.15) is 39.5 Å². The second-order valence-corrected chi connectivity index (χ2v) is 6.40. The summed E-state index contributed by atoms with van der Waals surface area (Å²) >= 11 is 0. The van der Waals surface area contributed by atoms with Crippen LogP contribution in [-0.4, -0.2) is 49.8 Å². The van der Waals surface area contributed by atoms with Gasteiger partial charge in [0, 0.05) is 5.57 Å². The lowest BCUT2D eigenvalue weighted by Gasteiger charge is -2.32. The van der Waals surface area contributed by atoms with Crippen molar-refractivity contribution < 1.29 is 57.8 Å². The first-order valence-electron chi connectivity index (χ1n) is 6.27. The standard InChI is InChI=1S/C6H10O2.C5H4F9NO2S/c1-3-4-5(2)6(7)8;1-15-18(16,17)5(13,14)3(8,9)2(6,7)4(10,11)12/h4H,3H2,1-2H3,(H,7,8);15H,1H3. The van der Waals surface area contributed by atoms with Gasteiger partial charge in [0.15, 0.2) is 0 Å². The minimum absolute atomic E-state index is 0.144. The van der Waals surface area contributed by atoms with E-state index in [0.29, 0.717) is 10.3 Å². The molecule has 0 aromatic heterocycles. The van der Waals surface area contributed by atoms with E-state index in [9.17, 15) is 52.7 Å². The number of allylic oxidation sites excluding steroid dienone is 1. The van der Waals surface area contributed by atoms with Crippen molar-refractivity contribution in [3.8, 4) is 0 Å². The van der Waals surface area contributed by atoms with E-state index in [4.69, 9.17) is 5.11 Å².